The number of hydrogen-bond donors (Lipinski definition) is 2. The molecule has 2 heterocycles. The minimum absolute atomic E-state index is 0.147. The van der Waals surface area contributed by atoms with Gasteiger partial charge in [-0.2, -0.15) is 0 Å². The molecule has 1 unspecified atom stereocenters. The topological polar surface area (TPSA) is 120 Å². The van der Waals surface area contributed by atoms with Gasteiger partial charge in [0.1, 0.15) is 11.3 Å². The van der Waals surface area contributed by atoms with Crippen molar-refractivity contribution in [1.82, 2.24) is 19.9 Å². The monoisotopic (exact) mass is 540 g/mol. The number of aromatic nitrogens is 3. The number of nitrogens with zero attached hydrogens (tertiary/aromatic N) is 4. The van der Waals surface area contributed by atoms with E-state index in [0.717, 1.165) is 38.0 Å². The van der Waals surface area contributed by atoms with Crippen molar-refractivity contribution in [2.45, 2.75) is 46.6 Å². The molecule has 0 saturated carbocycles. The van der Waals surface area contributed by atoms with Crippen LogP contribution in [0.5, 0.6) is 17.2 Å². The SMILES string of the molecule is CCOC(=O)Nc1cc(NC(C)CCCN(CC)CC)c2nc(-c3cc(OC)c(OC)c(OC)c3)cnc2n1. The number of anilines is 2. The fourth-order valence-electron chi connectivity index (χ4n) is 4.31. The summed E-state index contributed by atoms with van der Waals surface area (Å²) in [6, 6.07) is 5.55. The van der Waals surface area contributed by atoms with E-state index in [0.29, 0.717) is 45.6 Å². The van der Waals surface area contributed by atoms with Crippen LogP contribution in [0, 0.1) is 0 Å². The molecule has 0 bridgehead atoms. The number of fused-ring (bicyclic) bond motifs is 1. The molecule has 11 heteroatoms. The van der Waals surface area contributed by atoms with Gasteiger partial charge in [-0.1, -0.05) is 13.8 Å². The van der Waals surface area contributed by atoms with E-state index in [4.69, 9.17) is 23.9 Å². The summed E-state index contributed by atoms with van der Waals surface area (Å²) in [5, 5.41) is 6.24. The van der Waals surface area contributed by atoms with Crippen molar-refractivity contribution in [1.29, 1.82) is 0 Å². The number of pyridine rings is 1. The largest absolute Gasteiger partial charge is 0.493 e. The molecule has 0 fully saturated rings. The fourth-order valence-corrected chi connectivity index (χ4v) is 4.31. The third-order valence-corrected chi connectivity index (χ3v) is 6.39. The average Bonchev–Trinajstić information content (AvgIpc) is 2.94. The lowest BCUT2D eigenvalue weighted by Crippen LogP contribution is -2.25. The smallest absolute Gasteiger partial charge is 0.412 e. The number of nitrogens with one attached hydrogen (secondary N) is 2. The van der Waals surface area contributed by atoms with Crippen LogP contribution in [-0.4, -0.2) is 79.6 Å². The van der Waals surface area contributed by atoms with Crippen molar-refractivity contribution >= 4 is 28.8 Å². The van der Waals surface area contributed by atoms with Crippen molar-refractivity contribution in [2.24, 2.45) is 0 Å². The molecule has 0 saturated heterocycles. The molecule has 2 aromatic heterocycles. The molecule has 0 aliphatic heterocycles. The molecular formula is C28H40N6O5. The van der Waals surface area contributed by atoms with Gasteiger partial charge in [-0.05, 0) is 58.5 Å². The minimum Gasteiger partial charge on any atom is -0.493 e. The maximum atomic E-state index is 12.1. The van der Waals surface area contributed by atoms with E-state index in [1.807, 2.05) is 12.1 Å². The first kappa shape index (κ1) is 29.7. The van der Waals surface area contributed by atoms with Crippen LogP contribution in [0.25, 0.3) is 22.4 Å². The molecule has 3 rings (SSSR count). The Bertz CT molecular complexity index is 1230. The number of rotatable bonds is 14. The van der Waals surface area contributed by atoms with Gasteiger partial charge in [-0.15, -0.1) is 0 Å². The van der Waals surface area contributed by atoms with Crippen LogP contribution >= 0.6 is 0 Å². The summed E-state index contributed by atoms with van der Waals surface area (Å²) in [7, 11) is 4.70. The Balaban J connectivity index is 2.00. The highest BCUT2D eigenvalue weighted by atomic mass is 16.5. The first-order chi connectivity index (χ1) is 18.9. The normalized spacial score (nSPS) is 11.8. The second-order valence-electron chi connectivity index (χ2n) is 8.96. The number of amides is 1. The first-order valence-corrected chi connectivity index (χ1v) is 13.3. The van der Waals surface area contributed by atoms with Crippen LogP contribution in [0.2, 0.25) is 0 Å². The van der Waals surface area contributed by atoms with Crippen molar-refractivity contribution in [2.75, 3.05) is 58.2 Å². The maximum absolute atomic E-state index is 12.1. The number of carbonyl (C=O) groups excluding carboxylic acids is 1. The van der Waals surface area contributed by atoms with Crippen LogP contribution < -0.4 is 24.8 Å². The van der Waals surface area contributed by atoms with Gasteiger partial charge in [-0.25, -0.2) is 19.7 Å². The molecule has 0 aliphatic rings. The molecule has 1 aromatic carbocycles. The summed E-state index contributed by atoms with van der Waals surface area (Å²) in [6.07, 6.45) is 3.06. The zero-order valence-corrected chi connectivity index (χ0v) is 24.0. The Kier molecular flexibility index (Phi) is 10.9. The summed E-state index contributed by atoms with van der Waals surface area (Å²) < 4.78 is 21.5. The van der Waals surface area contributed by atoms with Crippen molar-refractivity contribution in [3.8, 4) is 28.5 Å². The van der Waals surface area contributed by atoms with E-state index >= 15 is 0 Å². The van der Waals surface area contributed by atoms with Crippen LogP contribution in [0.15, 0.2) is 24.4 Å². The minimum atomic E-state index is -0.579. The summed E-state index contributed by atoms with van der Waals surface area (Å²) in [6.45, 7) is 11.6. The Labute approximate surface area is 230 Å². The second-order valence-corrected chi connectivity index (χ2v) is 8.96. The van der Waals surface area contributed by atoms with Gasteiger partial charge < -0.3 is 29.2 Å². The van der Waals surface area contributed by atoms with Crippen molar-refractivity contribution in [3.63, 3.8) is 0 Å². The zero-order valence-electron chi connectivity index (χ0n) is 24.0. The molecule has 0 aliphatic carbocycles. The average molecular weight is 541 g/mol. The summed E-state index contributed by atoms with van der Waals surface area (Å²) >= 11 is 0. The highest BCUT2D eigenvalue weighted by molar-refractivity contribution is 5.92. The highest BCUT2D eigenvalue weighted by Crippen LogP contribution is 2.41. The van der Waals surface area contributed by atoms with Gasteiger partial charge in [0.2, 0.25) is 5.75 Å². The van der Waals surface area contributed by atoms with E-state index in [1.165, 1.54) is 0 Å². The van der Waals surface area contributed by atoms with Crippen molar-refractivity contribution < 1.29 is 23.7 Å². The van der Waals surface area contributed by atoms with Crippen LogP contribution in [0.1, 0.15) is 40.5 Å². The van der Waals surface area contributed by atoms with Crippen LogP contribution in [0.3, 0.4) is 0 Å². The van der Waals surface area contributed by atoms with Gasteiger partial charge in [0.25, 0.3) is 0 Å². The van der Waals surface area contributed by atoms with Crippen LogP contribution in [0.4, 0.5) is 16.3 Å². The van der Waals surface area contributed by atoms with Gasteiger partial charge in [-0.3, -0.25) is 5.32 Å². The lowest BCUT2D eigenvalue weighted by atomic mass is 10.1. The van der Waals surface area contributed by atoms with Gasteiger partial charge >= 0.3 is 6.09 Å². The Morgan fingerprint density at radius 2 is 1.69 bits per heavy atom. The summed E-state index contributed by atoms with van der Waals surface area (Å²) in [5.74, 6) is 1.85. The Morgan fingerprint density at radius 3 is 2.28 bits per heavy atom. The molecule has 2 N–H and O–H groups in total. The van der Waals surface area contributed by atoms with Gasteiger partial charge in [0.05, 0.1) is 45.5 Å². The maximum Gasteiger partial charge on any atom is 0.412 e. The second kappa shape index (κ2) is 14.3. The van der Waals surface area contributed by atoms with E-state index in [-0.39, 0.29) is 12.6 Å². The van der Waals surface area contributed by atoms with Crippen LogP contribution in [-0.2, 0) is 4.74 Å². The molecule has 212 valence electrons. The van der Waals surface area contributed by atoms with E-state index in [9.17, 15) is 4.79 Å². The van der Waals surface area contributed by atoms with Gasteiger partial charge in [0.15, 0.2) is 17.1 Å². The molecule has 39 heavy (non-hydrogen) atoms. The predicted molar refractivity (Wildman–Crippen MR) is 153 cm³/mol. The summed E-state index contributed by atoms with van der Waals surface area (Å²) in [4.78, 5) is 28.5. The third-order valence-electron chi connectivity index (χ3n) is 6.39. The lowest BCUT2D eigenvalue weighted by Gasteiger charge is -2.21. The molecule has 1 amide bonds. The Hall–Kier alpha value is -3.86. The predicted octanol–water partition coefficient (Wildman–Crippen LogP) is 5.21. The molecular weight excluding hydrogens is 500 g/mol. The Morgan fingerprint density at radius 1 is 1.00 bits per heavy atom. The number of ether oxygens (including phenoxy) is 4. The van der Waals surface area contributed by atoms with E-state index < -0.39 is 6.09 Å². The summed E-state index contributed by atoms with van der Waals surface area (Å²) in [5.41, 5.74) is 3.02. The highest BCUT2D eigenvalue weighted by Gasteiger charge is 2.18. The van der Waals surface area contributed by atoms with E-state index in [1.54, 1.807) is 40.5 Å². The van der Waals surface area contributed by atoms with Gasteiger partial charge in [0, 0.05) is 17.7 Å². The number of benzene rings is 1. The number of methoxy groups -OCH3 is 3. The number of carbonyl (C=O) groups is 1. The molecule has 0 spiro atoms. The zero-order chi connectivity index (χ0) is 28.4. The standard InChI is InChI=1S/C28H40N6O5/c1-8-34(9-2)13-11-12-18(4)30-20-16-24(33-28(35)39-10-3)32-27-25(20)31-21(17-29-27)19-14-22(36-5)26(38-7)23(15-19)37-6/h14-18H,8-13H2,1-7H3,(H2,29,30,32,33,35). The van der Waals surface area contributed by atoms with E-state index in [2.05, 4.69) is 46.3 Å². The molecule has 1 atom stereocenters. The lowest BCUT2D eigenvalue weighted by molar-refractivity contribution is 0.168. The fraction of sp³-hybridized carbons (Fsp3) is 0.500. The quantitative estimate of drug-likeness (QED) is 0.282. The molecule has 3 aromatic rings. The third kappa shape index (κ3) is 7.60. The number of hydrogen-bond acceptors (Lipinski definition) is 10. The molecule has 11 nitrogen and oxygen atoms in total. The van der Waals surface area contributed by atoms with Crippen molar-refractivity contribution in [3.05, 3.63) is 24.4 Å². The molecule has 0 radical (unpaired) electrons. The first-order valence-electron chi connectivity index (χ1n) is 13.3.